The van der Waals surface area contributed by atoms with Crippen LogP contribution < -0.4 is 5.32 Å². The Kier molecular flexibility index (Phi) is 5.81. The Labute approximate surface area is 127 Å². The van der Waals surface area contributed by atoms with Crippen molar-refractivity contribution in [2.75, 3.05) is 0 Å². The van der Waals surface area contributed by atoms with E-state index < -0.39 is 0 Å². The lowest BCUT2D eigenvalue weighted by Gasteiger charge is -2.20. The monoisotopic (exact) mass is 287 g/mol. The molecule has 0 aliphatic carbocycles. The van der Waals surface area contributed by atoms with E-state index in [0.29, 0.717) is 12.1 Å². The molecule has 20 heavy (non-hydrogen) atoms. The predicted octanol–water partition coefficient (Wildman–Crippen LogP) is 4.60. The van der Waals surface area contributed by atoms with Crippen LogP contribution in [0, 0.1) is 6.92 Å². The summed E-state index contributed by atoms with van der Waals surface area (Å²) in [4.78, 5) is 0. The first-order valence-electron chi connectivity index (χ1n) is 7.46. The average molecular weight is 287 g/mol. The highest BCUT2D eigenvalue weighted by Gasteiger charge is 2.08. The maximum Gasteiger partial charge on any atom is 0.00819 e. The third kappa shape index (κ3) is 5.10. The van der Waals surface area contributed by atoms with Crippen LogP contribution in [0.2, 0.25) is 0 Å². The van der Waals surface area contributed by atoms with Crippen LogP contribution in [-0.2, 0) is 12.8 Å². The molecule has 1 heterocycles. The molecular weight excluding hydrogens is 262 g/mol. The largest absolute Gasteiger partial charge is 0.311 e. The number of aryl methyl sites for hydroxylation is 2. The SMILES string of the molecule is Cc1cccc(CCC(C)NC(C)Cc2ccsc2)c1. The number of benzene rings is 1. The van der Waals surface area contributed by atoms with E-state index in [1.807, 2.05) is 0 Å². The maximum atomic E-state index is 3.71. The summed E-state index contributed by atoms with van der Waals surface area (Å²) in [6.07, 6.45) is 3.47. The molecule has 0 aliphatic rings. The molecule has 0 aliphatic heterocycles. The molecule has 2 atom stereocenters. The van der Waals surface area contributed by atoms with Crippen molar-refractivity contribution in [3.8, 4) is 0 Å². The second-order valence-corrected chi connectivity index (χ2v) is 6.61. The van der Waals surface area contributed by atoms with Crippen LogP contribution >= 0.6 is 11.3 Å². The summed E-state index contributed by atoms with van der Waals surface area (Å²) in [6, 6.07) is 12.2. The quantitative estimate of drug-likeness (QED) is 0.785. The molecule has 0 amide bonds. The highest BCUT2D eigenvalue weighted by atomic mass is 32.1. The lowest BCUT2D eigenvalue weighted by molar-refractivity contribution is 0.444. The zero-order chi connectivity index (χ0) is 14.4. The molecule has 2 rings (SSSR count). The van der Waals surface area contributed by atoms with Crippen molar-refractivity contribution in [3.63, 3.8) is 0 Å². The molecule has 1 aromatic carbocycles. The van der Waals surface area contributed by atoms with Crippen LogP contribution in [0.25, 0.3) is 0 Å². The molecule has 0 radical (unpaired) electrons. The van der Waals surface area contributed by atoms with E-state index in [1.165, 1.54) is 23.1 Å². The Morgan fingerprint density at radius 1 is 1.10 bits per heavy atom. The minimum atomic E-state index is 0.539. The minimum absolute atomic E-state index is 0.539. The summed E-state index contributed by atoms with van der Waals surface area (Å²) in [5.41, 5.74) is 4.25. The molecule has 2 heteroatoms. The third-order valence-electron chi connectivity index (χ3n) is 3.64. The van der Waals surface area contributed by atoms with Crippen molar-refractivity contribution >= 4 is 11.3 Å². The van der Waals surface area contributed by atoms with Gasteiger partial charge >= 0.3 is 0 Å². The van der Waals surface area contributed by atoms with E-state index >= 15 is 0 Å². The Balaban J connectivity index is 1.73. The van der Waals surface area contributed by atoms with E-state index in [4.69, 9.17) is 0 Å². The molecule has 0 bridgehead atoms. The lowest BCUT2D eigenvalue weighted by atomic mass is 10.0. The van der Waals surface area contributed by atoms with Gasteiger partial charge in [0.25, 0.3) is 0 Å². The van der Waals surface area contributed by atoms with E-state index in [2.05, 4.69) is 67.2 Å². The standard InChI is InChI=1S/C18H25NS/c1-14-5-4-6-17(11-14)8-7-15(2)19-16(3)12-18-9-10-20-13-18/h4-6,9-11,13,15-16,19H,7-8,12H2,1-3H3. The van der Waals surface area contributed by atoms with E-state index in [-0.39, 0.29) is 0 Å². The number of hydrogen-bond donors (Lipinski definition) is 1. The van der Waals surface area contributed by atoms with Gasteiger partial charge in [-0.1, -0.05) is 29.8 Å². The van der Waals surface area contributed by atoms with Crippen LogP contribution in [0.5, 0.6) is 0 Å². The molecule has 1 aromatic heterocycles. The van der Waals surface area contributed by atoms with Crippen LogP contribution in [0.4, 0.5) is 0 Å². The van der Waals surface area contributed by atoms with Crippen LogP contribution in [0.15, 0.2) is 41.1 Å². The Morgan fingerprint density at radius 3 is 2.65 bits per heavy atom. The molecule has 1 nitrogen and oxygen atoms in total. The van der Waals surface area contributed by atoms with Gasteiger partial charge < -0.3 is 5.32 Å². The fourth-order valence-electron chi connectivity index (χ4n) is 2.64. The zero-order valence-corrected chi connectivity index (χ0v) is 13.5. The van der Waals surface area contributed by atoms with Gasteiger partial charge in [-0.3, -0.25) is 0 Å². The van der Waals surface area contributed by atoms with Crippen molar-refractivity contribution in [2.24, 2.45) is 0 Å². The molecule has 1 N–H and O–H groups in total. The molecule has 0 fully saturated rings. The highest BCUT2D eigenvalue weighted by Crippen LogP contribution is 2.11. The van der Waals surface area contributed by atoms with Gasteiger partial charge in [0.1, 0.15) is 0 Å². The first kappa shape index (κ1) is 15.3. The van der Waals surface area contributed by atoms with E-state index in [9.17, 15) is 0 Å². The van der Waals surface area contributed by atoms with E-state index in [1.54, 1.807) is 11.3 Å². The number of thiophene rings is 1. The van der Waals surface area contributed by atoms with Crippen molar-refractivity contribution in [1.29, 1.82) is 0 Å². The topological polar surface area (TPSA) is 12.0 Å². The van der Waals surface area contributed by atoms with Gasteiger partial charge in [0.15, 0.2) is 0 Å². The third-order valence-corrected chi connectivity index (χ3v) is 4.37. The number of rotatable bonds is 7. The lowest BCUT2D eigenvalue weighted by Crippen LogP contribution is -2.36. The minimum Gasteiger partial charge on any atom is -0.311 e. The van der Waals surface area contributed by atoms with Gasteiger partial charge in [-0.2, -0.15) is 11.3 Å². The highest BCUT2D eigenvalue weighted by molar-refractivity contribution is 7.07. The van der Waals surface area contributed by atoms with Crippen molar-refractivity contribution < 1.29 is 0 Å². The summed E-state index contributed by atoms with van der Waals surface area (Å²) >= 11 is 1.78. The van der Waals surface area contributed by atoms with Gasteiger partial charge in [0.2, 0.25) is 0 Å². The van der Waals surface area contributed by atoms with Crippen molar-refractivity contribution in [1.82, 2.24) is 5.32 Å². The Bertz CT molecular complexity index is 504. The zero-order valence-electron chi connectivity index (χ0n) is 12.7. The molecule has 2 unspecified atom stereocenters. The molecule has 108 valence electrons. The smallest absolute Gasteiger partial charge is 0.00819 e. The summed E-state index contributed by atoms with van der Waals surface area (Å²) < 4.78 is 0. The Hall–Kier alpha value is -1.12. The fourth-order valence-corrected chi connectivity index (χ4v) is 3.32. The molecule has 0 saturated carbocycles. The normalized spacial score (nSPS) is 14.2. The average Bonchev–Trinajstić information content (AvgIpc) is 2.89. The predicted molar refractivity (Wildman–Crippen MR) is 89.6 cm³/mol. The van der Waals surface area contributed by atoms with Gasteiger partial charge in [0, 0.05) is 12.1 Å². The Morgan fingerprint density at radius 2 is 1.95 bits per heavy atom. The van der Waals surface area contributed by atoms with Gasteiger partial charge in [-0.25, -0.2) is 0 Å². The van der Waals surface area contributed by atoms with Crippen LogP contribution in [0.1, 0.15) is 37.0 Å². The van der Waals surface area contributed by atoms with Gasteiger partial charge in [-0.05, 0) is 68.0 Å². The first-order chi connectivity index (χ1) is 9.63. The molecule has 2 aromatic rings. The van der Waals surface area contributed by atoms with Crippen LogP contribution in [0.3, 0.4) is 0 Å². The van der Waals surface area contributed by atoms with Gasteiger partial charge in [-0.15, -0.1) is 0 Å². The number of nitrogens with one attached hydrogen (secondary N) is 1. The number of hydrogen-bond acceptors (Lipinski definition) is 2. The first-order valence-corrected chi connectivity index (χ1v) is 8.40. The van der Waals surface area contributed by atoms with Crippen molar-refractivity contribution in [2.45, 2.75) is 52.1 Å². The summed E-state index contributed by atoms with van der Waals surface area (Å²) in [5.74, 6) is 0. The van der Waals surface area contributed by atoms with Crippen molar-refractivity contribution in [3.05, 3.63) is 57.8 Å². The fraction of sp³-hybridized carbons (Fsp3) is 0.444. The van der Waals surface area contributed by atoms with Gasteiger partial charge in [0.05, 0.1) is 0 Å². The molecular formula is C18H25NS. The summed E-state index contributed by atoms with van der Waals surface area (Å²) in [7, 11) is 0. The second-order valence-electron chi connectivity index (χ2n) is 5.83. The van der Waals surface area contributed by atoms with E-state index in [0.717, 1.165) is 12.8 Å². The molecule has 0 saturated heterocycles. The maximum absolute atomic E-state index is 3.71. The summed E-state index contributed by atoms with van der Waals surface area (Å²) in [5, 5.41) is 8.11. The van der Waals surface area contributed by atoms with Crippen LogP contribution in [-0.4, -0.2) is 12.1 Å². The second kappa shape index (κ2) is 7.61. The summed E-state index contributed by atoms with van der Waals surface area (Å²) in [6.45, 7) is 6.73. The molecule has 0 spiro atoms.